The van der Waals surface area contributed by atoms with Crippen LogP contribution in [0, 0.1) is 6.92 Å². The molecule has 1 heterocycles. The van der Waals surface area contributed by atoms with Crippen molar-refractivity contribution in [3.63, 3.8) is 0 Å². The van der Waals surface area contributed by atoms with Crippen LogP contribution in [-0.4, -0.2) is 21.8 Å². The Hall–Kier alpha value is -2.92. The fourth-order valence-corrected chi connectivity index (χ4v) is 3.01. The normalized spacial score (nSPS) is 11.0. The van der Waals surface area contributed by atoms with Gasteiger partial charge in [0.25, 0.3) is 5.91 Å². The third kappa shape index (κ3) is 4.67. The molecular formula is C23H27N3O2. The van der Waals surface area contributed by atoms with Gasteiger partial charge in [-0.15, -0.1) is 0 Å². The number of aryl methyl sites for hydroxylation is 1. The van der Waals surface area contributed by atoms with Crippen molar-refractivity contribution in [3.05, 3.63) is 77.1 Å². The van der Waals surface area contributed by atoms with Crippen LogP contribution < -0.4 is 5.32 Å². The average molecular weight is 377 g/mol. The maximum atomic E-state index is 12.9. The van der Waals surface area contributed by atoms with Crippen molar-refractivity contribution in [2.45, 2.75) is 46.8 Å². The molecule has 0 saturated heterocycles. The molecule has 1 amide bonds. The van der Waals surface area contributed by atoms with E-state index < -0.39 is 0 Å². The lowest BCUT2D eigenvalue weighted by molar-refractivity contribution is 0.0657. The van der Waals surface area contributed by atoms with E-state index in [0.717, 1.165) is 22.6 Å². The van der Waals surface area contributed by atoms with Crippen molar-refractivity contribution >= 4 is 11.6 Å². The number of nitrogens with zero attached hydrogens (tertiary/aromatic N) is 2. The fourth-order valence-electron chi connectivity index (χ4n) is 3.01. The summed E-state index contributed by atoms with van der Waals surface area (Å²) in [4.78, 5) is 12.9. The van der Waals surface area contributed by atoms with Gasteiger partial charge in [-0.05, 0) is 57.0 Å². The third-order valence-electron chi connectivity index (χ3n) is 4.50. The standard InChI is InChI=1S/C23H27N3O2/c1-5-22-21(14-24-26(22)20-11-9-17(4)10-12-20)23(27)25-19-8-6-7-18(13-19)15-28-16(2)3/h6-14,16H,5,15H2,1-4H3,(H,25,27). The molecule has 0 unspecified atom stereocenters. The van der Waals surface area contributed by atoms with E-state index >= 15 is 0 Å². The lowest BCUT2D eigenvalue weighted by atomic mass is 10.1. The first-order valence-electron chi connectivity index (χ1n) is 9.63. The first-order valence-corrected chi connectivity index (χ1v) is 9.63. The van der Waals surface area contributed by atoms with Crippen LogP contribution in [0.4, 0.5) is 5.69 Å². The van der Waals surface area contributed by atoms with Gasteiger partial charge in [-0.2, -0.15) is 5.10 Å². The van der Waals surface area contributed by atoms with E-state index in [4.69, 9.17) is 4.74 Å². The van der Waals surface area contributed by atoms with Gasteiger partial charge in [0.1, 0.15) is 0 Å². The Morgan fingerprint density at radius 3 is 2.61 bits per heavy atom. The van der Waals surface area contributed by atoms with Crippen molar-refractivity contribution in [3.8, 4) is 5.69 Å². The molecule has 28 heavy (non-hydrogen) atoms. The Morgan fingerprint density at radius 2 is 1.93 bits per heavy atom. The Kier molecular flexibility index (Phi) is 6.26. The lowest BCUT2D eigenvalue weighted by Gasteiger charge is -2.11. The molecule has 0 aliphatic carbocycles. The summed E-state index contributed by atoms with van der Waals surface area (Å²) < 4.78 is 7.48. The van der Waals surface area contributed by atoms with Crippen LogP contribution in [0.1, 0.15) is 48.0 Å². The average Bonchev–Trinajstić information content (AvgIpc) is 3.11. The van der Waals surface area contributed by atoms with E-state index in [9.17, 15) is 4.79 Å². The highest BCUT2D eigenvalue weighted by atomic mass is 16.5. The molecule has 0 saturated carbocycles. The van der Waals surface area contributed by atoms with Gasteiger partial charge in [-0.3, -0.25) is 4.79 Å². The van der Waals surface area contributed by atoms with Gasteiger partial charge in [0.2, 0.25) is 0 Å². The van der Waals surface area contributed by atoms with E-state index in [0.29, 0.717) is 18.6 Å². The highest BCUT2D eigenvalue weighted by molar-refractivity contribution is 6.05. The van der Waals surface area contributed by atoms with Crippen molar-refractivity contribution < 1.29 is 9.53 Å². The van der Waals surface area contributed by atoms with Crippen LogP contribution in [-0.2, 0) is 17.8 Å². The highest BCUT2D eigenvalue weighted by Gasteiger charge is 2.17. The van der Waals surface area contributed by atoms with E-state index in [1.54, 1.807) is 6.20 Å². The second kappa shape index (κ2) is 8.85. The van der Waals surface area contributed by atoms with Gasteiger partial charge in [-0.1, -0.05) is 36.8 Å². The number of nitrogens with one attached hydrogen (secondary N) is 1. The van der Waals surface area contributed by atoms with Crippen molar-refractivity contribution in [1.82, 2.24) is 9.78 Å². The zero-order valence-corrected chi connectivity index (χ0v) is 16.9. The molecule has 0 fully saturated rings. The van der Waals surface area contributed by atoms with Crippen LogP contribution in [0.2, 0.25) is 0 Å². The summed E-state index contributed by atoms with van der Waals surface area (Å²) in [5.41, 5.74) is 5.40. The first kappa shape index (κ1) is 19.8. The van der Waals surface area contributed by atoms with Crippen molar-refractivity contribution in [1.29, 1.82) is 0 Å². The van der Waals surface area contributed by atoms with Gasteiger partial charge in [-0.25, -0.2) is 4.68 Å². The Bertz CT molecular complexity index is 943. The number of benzene rings is 2. The molecule has 5 nitrogen and oxygen atoms in total. The van der Waals surface area contributed by atoms with Gasteiger partial charge in [0.05, 0.1) is 35.9 Å². The number of anilines is 1. The summed E-state index contributed by atoms with van der Waals surface area (Å²) in [6, 6.07) is 15.9. The number of ether oxygens (including phenoxy) is 1. The number of hydrogen-bond donors (Lipinski definition) is 1. The molecule has 1 aromatic heterocycles. The minimum Gasteiger partial charge on any atom is -0.374 e. The van der Waals surface area contributed by atoms with E-state index in [-0.39, 0.29) is 12.0 Å². The van der Waals surface area contributed by atoms with E-state index in [1.165, 1.54) is 5.56 Å². The van der Waals surface area contributed by atoms with Gasteiger partial charge in [0.15, 0.2) is 0 Å². The van der Waals surface area contributed by atoms with Gasteiger partial charge >= 0.3 is 0 Å². The Balaban J connectivity index is 1.80. The molecule has 5 heteroatoms. The highest BCUT2D eigenvalue weighted by Crippen LogP contribution is 2.19. The molecule has 0 bridgehead atoms. The minimum absolute atomic E-state index is 0.155. The molecule has 0 radical (unpaired) electrons. The maximum Gasteiger partial charge on any atom is 0.259 e. The van der Waals surface area contributed by atoms with E-state index in [1.807, 2.05) is 80.9 Å². The van der Waals surface area contributed by atoms with E-state index in [2.05, 4.69) is 10.4 Å². The summed E-state index contributed by atoms with van der Waals surface area (Å²) in [6.45, 7) is 8.61. The molecule has 3 aromatic rings. The smallest absolute Gasteiger partial charge is 0.259 e. The van der Waals surface area contributed by atoms with Crippen LogP contribution >= 0.6 is 0 Å². The largest absolute Gasteiger partial charge is 0.374 e. The summed E-state index contributed by atoms with van der Waals surface area (Å²) >= 11 is 0. The predicted octanol–water partition coefficient (Wildman–Crippen LogP) is 4.92. The number of rotatable bonds is 7. The summed E-state index contributed by atoms with van der Waals surface area (Å²) in [6.07, 6.45) is 2.51. The molecule has 0 spiro atoms. The monoisotopic (exact) mass is 377 g/mol. The van der Waals surface area contributed by atoms with Crippen LogP contribution in [0.5, 0.6) is 0 Å². The number of carbonyl (C=O) groups is 1. The Morgan fingerprint density at radius 1 is 1.18 bits per heavy atom. The van der Waals surface area contributed by atoms with Crippen LogP contribution in [0.15, 0.2) is 54.7 Å². The fraction of sp³-hybridized carbons (Fsp3) is 0.304. The van der Waals surface area contributed by atoms with Crippen LogP contribution in [0.3, 0.4) is 0 Å². The van der Waals surface area contributed by atoms with Gasteiger partial charge in [0, 0.05) is 5.69 Å². The predicted molar refractivity (Wildman–Crippen MR) is 112 cm³/mol. The summed E-state index contributed by atoms with van der Waals surface area (Å²) in [5.74, 6) is -0.155. The zero-order valence-electron chi connectivity index (χ0n) is 16.9. The zero-order chi connectivity index (χ0) is 20.1. The second-order valence-corrected chi connectivity index (χ2v) is 7.12. The van der Waals surface area contributed by atoms with Crippen molar-refractivity contribution in [2.24, 2.45) is 0 Å². The third-order valence-corrected chi connectivity index (χ3v) is 4.50. The quantitative estimate of drug-likeness (QED) is 0.636. The molecule has 0 aliphatic heterocycles. The number of aromatic nitrogens is 2. The maximum absolute atomic E-state index is 12.9. The van der Waals surface area contributed by atoms with Crippen LogP contribution in [0.25, 0.3) is 5.69 Å². The Labute approximate surface area is 166 Å². The van der Waals surface area contributed by atoms with Crippen molar-refractivity contribution in [2.75, 3.05) is 5.32 Å². The SMILES string of the molecule is CCc1c(C(=O)Nc2cccc(COC(C)C)c2)cnn1-c1ccc(C)cc1. The molecular weight excluding hydrogens is 350 g/mol. The second-order valence-electron chi connectivity index (χ2n) is 7.12. The van der Waals surface area contributed by atoms with Gasteiger partial charge < -0.3 is 10.1 Å². The molecule has 1 N–H and O–H groups in total. The topological polar surface area (TPSA) is 56.1 Å². The number of hydrogen-bond acceptors (Lipinski definition) is 3. The molecule has 146 valence electrons. The first-order chi connectivity index (χ1) is 13.5. The lowest BCUT2D eigenvalue weighted by Crippen LogP contribution is -2.14. The number of amides is 1. The molecule has 0 aliphatic rings. The summed E-state index contributed by atoms with van der Waals surface area (Å²) in [5, 5.41) is 7.44. The molecule has 0 atom stereocenters. The summed E-state index contributed by atoms with van der Waals surface area (Å²) in [7, 11) is 0. The minimum atomic E-state index is -0.155. The molecule has 3 rings (SSSR count). The number of carbonyl (C=O) groups excluding carboxylic acids is 1. The molecule has 2 aromatic carbocycles.